The molecule has 32 heavy (non-hydrogen) atoms. The highest BCUT2D eigenvalue weighted by Crippen LogP contribution is 2.24. The highest BCUT2D eigenvalue weighted by Gasteiger charge is 2.17. The predicted octanol–water partition coefficient (Wildman–Crippen LogP) is 2.37. The van der Waals surface area contributed by atoms with Crippen molar-refractivity contribution < 1.29 is 28.1 Å². The second-order valence-electron chi connectivity index (χ2n) is 6.59. The summed E-state index contributed by atoms with van der Waals surface area (Å²) in [5.74, 6) is -2.76. The summed E-state index contributed by atoms with van der Waals surface area (Å²) in [5, 5.41) is 13.7. The van der Waals surface area contributed by atoms with Gasteiger partial charge in [-0.2, -0.15) is 4.39 Å². The van der Waals surface area contributed by atoms with Gasteiger partial charge in [0.1, 0.15) is 17.6 Å². The quantitative estimate of drug-likeness (QED) is 0.273. The second-order valence-corrected chi connectivity index (χ2v) is 6.59. The number of rotatable bonds is 6. The molecule has 0 aliphatic carbocycles. The molecule has 0 atom stereocenters. The Morgan fingerprint density at radius 1 is 1.25 bits per heavy atom. The molecule has 2 heterocycles. The van der Waals surface area contributed by atoms with Crippen LogP contribution in [0.15, 0.2) is 58.0 Å². The molecule has 0 spiro atoms. The van der Waals surface area contributed by atoms with Gasteiger partial charge in [-0.15, -0.1) is 0 Å². The van der Waals surface area contributed by atoms with E-state index in [1.54, 1.807) is 24.3 Å². The van der Waals surface area contributed by atoms with E-state index in [4.69, 9.17) is 9.15 Å². The van der Waals surface area contributed by atoms with Crippen LogP contribution < -0.4 is 10.9 Å². The predicted molar refractivity (Wildman–Crippen MR) is 108 cm³/mol. The Kier molecular flexibility index (Phi) is 5.33. The third-order valence-corrected chi connectivity index (χ3v) is 4.44. The zero-order valence-electron chi connectivity index (χ0n) is 16.1. The van der Waals surface area contributed by atoms with Gasteiger partial charge in [0.2, 0.25) is 11.4 Å². The molecule has 2 aromatic carbocycles. The van der Waals surface area contributed by atoms with Gasteiger partial charge in [0.25, 0.3) is 11.5 Å². The number of carbonyl (C=O) groups is 2. The zero-order chi connectivity index (χ0) is 22.8. The van der Waals surface area contributed by atoms with E-state index in [9.17, 15) is 28.9 Å². The number of para-hydroxylation sites is 1. The van der Waals surface area contributed by atoms with Gasteiger partial charge in [0, 0.05) is 17.1 Å². The number of nitrogens with zero attached hydrogens (tertiary/aromatic N) is 3. The number of amides is 1. The number of hydrogen-bond donors (Lipinski definition) is 1. The van der Waals surface area contributed by atoms with Crippen LogP contribution in [0, 0.1) is 15.9 Å². The second kappa shape index (κ2) is 8.26. The van der Waals surface area contributed by atoms with E-state index in [0.717, 1.165) is 22.8 Å². The fraction of sp³-hybridized carbons (Fsp3) is 0.100. The topological polar surface area (TPSA) is 147 Å². The van der Waals surface area contributed by atoms with Gasteiger partial charge >= 0.3 is 11.7 Å². The molecule has 4 rings (SSSR count). The molecule has 0 saturated heterocycles. The van der Waals surface area contributed by atoms with Crippen molar-refractivity contribution in [3.63, 3.8) is 0 Å². The molecule has 11 nitrogen and oxygen atoms in total. The number of hydrogen-bond acceptors (Lipinski definition) is 8. The number of esters is 1. The molecular weight excluding hydrogens is 427 g/mol. The Balaban J connectivity index is 1.40. The SMILES string of the molecule is O=C(COC(=O)Cn1cnc2c(oc3ccccc32)c1=O)Nc1ccc(F)c([N+](=O)[O-])c1. The Bertz CT molecular complexity index is 1440. The van der Waals surface area contributed by atoms with Crippen molar-refractivity contribution in [2.45, 2.75) is 6.54 Å². The molecule has 12 heteroatoms. The van der Waals surface area contributed by atoms with Gasteiger partial charge in [-0.25, -0.2) is 4.98 Å². The fourth-order valence-corrected chi connectivity index (χ4v) is 2.99. The first-order valence-corrected chi connectivity index (χ1v) is 9.09. The Hall–Kier alpha value is -4.61. The Morgan fingerprint density at radius 2 is 2.03 bits per heavy atom. The molecule has 4 aromatic rings. The van der Waals surface area contributed by atoms with E-state index in [2.05, 4.69) is 10.3 Å². The summed E-state index contributed by atoms with van der Waals surface area (Å²) in [7, 11) is 0. The number of benzene rings is 2. The van der Waals surface area contributed by atoms with Crippen LogP contribution in [0.3, 0.4) is 0 Å². The van der Waals surface area contributed by atoms with Gasteiger partial charge in [-0.05, 0) is 24.3 Å². The molecule has 1 amide bonds. The van der Waals surface area contributed by atoms with Crippen LogP contribution in [0.4, 0.5) is 15.8 Å². The van der Waals surface area contributed by atoms with Crippen molar-refractivity contribution in [3.05, 3.63) is 75.1 Å². The molecule has 0 unspecified atom stereocenters. The first-order chi connectivity index (χ1) is 15.3. The number of ether oxygens (including phenoxy) is 1. The molecule has 2 aromatic heterocycles. The van der Waals surface area contributed by atoms with Crippen LogP contribution in [-0.4, -0.2) is 33.0 Å². The lowest BCUT2D eigenvalue weighted by atomic mass is 10.2. The highest BCUT2D eigenvalue weighted by atomic mass is 19.1. The Labute approximate surface area is 177 Å². The van der Waals surface area contributed by atoms with Crippen molar-refractivity contribution >= 4 is 45.3 Å². The third-order valence-electron chi connectivity index (χ3n) is 4.44. The minimum atomic E-state index is -1.06. The molecule has 0 fully saturated rings. The number of aromatic nitrogens is 2. The van der Waals surface area contributed by atoms with Crippen molar-refractivity contribution in [2.24, 2.45) is 0 Å². The Morgan fingerprint density at radius 3 is 2.81 bits per heavy atom. The van der Waals surface area contributed by atoms with E-state index in [1.165, 1.54) is 6.33 Å². The monoisotopic (exact) mass is 440 g/mol. The standard InChI is InChI=1S/C20H13FN4O7/c21-13-6-5-11(7-14(13)25(29)30)23-16(26)9-31-17(27)8-24-10-22-18-12-3-1-2-4-15(12)32-19(18)20(24)28/h1-7,10H,8-9H2,(H,23,26). The first kappa shape index (κ1) is 20.7. The maximum Gasteiger partial charge on any atom is 0.326 e. The number of nitrogens with one attached hydrogen (secondary N) is 1. The number of halogens is 1. The number of anilines is 1. The minimum Gasteiger partial charge on any atom is -0.454 e. The molecule has 0 bridgehead atoms. The summed E-state index contributed by atoms with van der Waals surface area (Å²) in [4.78, 5) is 50.5. The third kappa shape index (κ3) is 4.01. The lowest BCUT2D eigenvalue weighted by Crippen LogP contribution is -2.27. The molecule has 162 valence electrons. The number of fused-ring (bicyclic) bond motifs is 3. The average molecular weight is 440 g/mol. The molecule has 1 N–H and O–H groups in total. The summed E-state index contributed by atoms with van der Waals surface area (Å²) in [6, 6.07) is 9.74. The average Bonchev–Trinajstić information content (AvgIpc) is 3.15. The van der Waals surface area contributed by atoms with Crippen LogP contribution in [0.25, 0.3) is 22.1 Å². The smallest absolute Gasteiger partial charge is 0.326 e. The van der Waals surface area contributed by atoms with E-state index in [0.29, 0.717) is 16.5 Å². The van der Waals surface area contributed by atoms with E-state index >= 15 is 0 Å². The van der Waals surface area contributed by atoms with Crippen molar-refractivity contribution in [1.29, 1.82) is 0 Å². The van der Waals surface area contributed by atoms with E-state index in [1.807, 2.05) is 0 Å². The van der Waals surface area contributed by atoms with Crippen molar-refractivity contribution in [2.75, 3.05) is 11.9 Å². The van der Waals surface area contributed by atoms with E-state index < -0.39 is 47.0 Å². The summed E-state index contributed by atoms with van der Waals surface area (Å²) in [5.41, 5.74) is -0.626. The van der Waals surface area contributed by atoms with Gasteiger partial charge in [-0.3, -0.25) is 29.1 Å². The number of nitro groups is 1. The highest BCUT2D eigenvalue weighted by molar-refractivity contribution is 6.01. The lowest BCUT2D eigenvalue weighted by Gasteiger charge is -2.08. The summed E-state index contributed by atoms with van der Waals surface area (Å²) in [6.45, 7) is -1.24. The van der Waals surface area contributed by atoms with Crippen LogP contribution in [-0.2, 0) is 20.9 Å². The summed E-state index contributed by atoms with van der Waals surface area (Å²) >= 11 is 0. The zero-order valence-corrected chi connectivity index (χ0v) is 16.1. The van der Waals surface area contributed by atoms with Crippen LogP contribution >= 0.6 is 0 Å². The van der Waals surface area contributed by atoms with E-state index in [-0.39, 0.29) is 11.3 Å². The number of carbonyl (C=O) groups excluding carboxylic acids is 2. The van der Waals surface area contributed by atoms with Crippen LogP contribution in [0.5, 0.6) is 0 Å². The van der Waals surface area contributed by atoms with Crippen molar-refractivity contribution in [3.8, 4) is 0 Å². The summed E-state index contributed by atoms with van der Waals surface area (Å²) in [6.07, 6.45) is 1.17. The maximum atomic E-state index is 13.3. The molecular formula is C20H13FN4O7. The number of furan rings is 1. The molecule has 0 aliphatic heterocycles. The molecule has 0 aliphatic rings. The summed E-state index contributed by atoms with van der Waals surface area (Å²) < 4.78 is 24.7. The lowest BCUT2D eigenvalue weighted by molar-refractivity contribution is -0.387. The van der Waals surface area contributed by atoms with Crippen LogP contribution in [0.1, 0.15) is 0 Å². The molecule has 0 saturated carbocycles. The normalized spacial score (nSPS) is 10.9. The maximum absolute atomic E-state index is 13.3. The largest absolute Gasteiger partial charge is 0.454 e. The fourth-order valence-electron chi connectivity index (χ4n) is 2.99. The van der Waals surface area contributed by atoms with Crippen molar-refractivity contribution in [1.82, 2.24) is 9.55 Å². The number of nitro benzene ring substituents is 1. The van der Waals surface area contributed by atoms with Crippen LogP contribution in [0.2, 0.25) is 0 Å². The van der Waals surface area contributed by atoms with Gasteiger partial charge in [0.15, 0.2) is 6.61 Å². The minimum absolute atomic E-state index is 0.0165. The van der Waals surface area contributed by atoms with Gasteiger partial charge in [0.05, 0.1) is 11.3 Å². The first-order valence-electron chi connectivity index (χ1n) is 9.09. The van der Waals surface area contributed by atoms with Gasteiger partial charge < -0.3 is 14.5 Å². The molecule has 0 radical (unpaired) electrons. The van der Waals surface area contributed by atoms with Gasteiger partial charge in [-0.1, -0.05) is 12.1 Å².